The van der Waals surface area contributed by atoms with Crippen molar-refractivity contribution in [2.75, 3.05) is 13.1 Å². The highest BCUT2D eigenvalue weighted by Crippen LogP contribution is 2.16. The lowest BCUT2D eigenvalue weighted by Crippen LogP contribution is -2.41. The molecule has 6 nitrogen and oxygen atoms in total. The van der Waals surface area contributed by atoms with Crippen molar-refractivity contribution in [2.45, 2.75) is 39.3 Å². The van der Waals surface area contributed by atoms with E-state index >= 15 is 0 Å². The predicted molar refractivity (Wildman–Crippen MR) is 113 cm³/mol. The van der Waals surface area contributed by atoms with E-state index in [0.29, 0.717) is 12.1 Å². The molecule has 1 amide bonds. The van der Waals surface area contributed by atoms with Crippen molar-refractivity contribution >= 4 is 16.9 Å². The Hall–Kier alpha value is -3.15. The minimum Gasteiger partial charge on any atom is -0.339 e. The molecule has 4 rings (SSSR count). The molecule has 0 radical (unpaired) electrons. The molecule has 3 aromatic rings. The largest absolute Gasteiger partial charge is 0.339 e. The lowest BCUT2D eigenvalue weighted by atomic mass is 10.1. The summed E-state index contributed by atoms with van der Waals surface area (Å²) in [5, 5.41) is 0. The van der Waals surface area contributed by atoms with Gasteiger partial charge in [0.15, 0.2) is 0 Å². The summed E-state index contributed by atoms with van der Waals surface area (Å²) in [6.45, 7) is 4.22. The van der Waals surface area contributed by atoms with Gasteiger partial charge in [-0.15, -0.1) is 0 Å². The first-order chi connectivity index (χ1) is 14.1. The Labute approximate surface area is 169 Å². The van der Waals surface area contributed by atoms with Crippen LogP contribution in [0.2, 0.25) is 0 Å². The summed E-state index contributed by atoms with van der Waals surface area (Å²) in [6.07, 6.45) is 3.30. The number of aromatic nitrogens is 2. The molecule has 150 valence electrons. The predicted octanol–water partition coefficient (Wildman–Crippen LogP) is 2.86. The van der Waals surface area contributed by atoms with Crippen molar-refractivity contribution in [1.29, 1.82) is 0 Å². The normalized spacial score (nSPS) is 14.3. The van der Waals surface area contributed by atoms with Crippen LogP contribution in [0.5, 0.6) is 0 Å². The molecule has 0 bridgehead atoms. The SMILES string of the molecule is CCn1c(=O)c(=O)n(Cc2ccc(C(=O)N3CCCCC3)cc2)c2ccccc21. The summed E-state index contributed by atoms with van der Waals surface area (Å²) in [7, 11) is 0. The van der Waals surface area contributed by atoms with Gasteiger partial charge in [0.1, 0.15) is 0 Å². The van der Waals surface area contributed by atoms with Crippen LogP contribution in [0, 0.1) is 0 Å². The molecule has 0 spiro atoms. The topological polar surface area (TPSA) is 64.3 Å². The van der Waals surface area contributed by atoms with Gasteiger partial charge in [0.25, 0.3) is 5.91 Å². The third-order valence-corrected chi connectivity index (χ3v) is 5.64. The zero-order valence-electron chi connectivity index (χ0n) is 16.6. The number of hydrogen-bond acceptors (Lipinski definition) is 3. The van der Waals surface area contributed by atoms with Gasteiger partial charge in [0.05, 0.1) is 17.6 Å². The number of rotatable bonds is 4. The highest BCUT2D eigenvalue weighted by Gasteiger charge is 2.18. The minimum atomic E-state index is -0.529. The molecule has 29 heavy (non-hydrogen) atoms. The van der Waals surface area contributed by atoms with Gasteiger partial charge in [-0.25, -0.2) is 0 Å². The third-order valence-electron chi connectivity index (χ3n) is 5.64. The van der Waals surface area contributed by atoms with Crippen molar-refractivity contribution in [3.63, 3.8) is 0 Å². The summed E-state index contributed by atoms with van der Waals surface area (Å²) >= 11 is 0. The Morgan fingerprint density at radius 1 is 0.828 bits per heavy atom. The van der Waals surface area contributed by atoms with Crippen molar-refractivity contribution in [1.82, 2.24) is 14.0 Å². The highest BCUT2D eigenvalue weighted by molar-refractivity contribution is 5.94. The van der Waals surface area contributed by atoms with Crippen LogP contribution in [0.4, 0.5) is 0 Å². The highest BCUT2D eigenvalue weighted by atomic mass is 16.2. The van der Waals surface area contributed by atoms with E-state index in [4.69, 9.17) is 0 Å². The number of amides is 1. The molecule has 1 fully saturated rings. The number of carbonyl (C=O) groups excluding carboxylic acids is 1. The molecule has 0 atom stereocenters. The molecule has 1 aliphatic rings. The lowest BCUT2D eigenvalue weighted by Gasteiger charge is -2.26. The van der Waals surface area contributed by atoms with E-state index in [0.717, 1.165) is 42.5 Å². The zero-order valence-corrected chi connectivity index (χ0v) is 16.6. The molecule has 1 saturated heterocycles. The van der Waals surface area contributed by atoms with Crippen molar-refractivity contribution in [3.05, 3.63) is 80.4 Å². The molecular formula is C23H25N3O3. The second kappa shape index (κ2) is 8.07. The molecule has 1 aromatic heterocycles. The van der Waals surface area contributed by atoms with Crippen LogP contribution in [0.3, 0.4) is 0 Å². The van der Waals surface area contributed by atoms with E-state index in [9.17, 15) is 14.4 Å². The number of piperidine rings is 1. The van der Waals surface area contributed by atoms with Crippen molar-refractivity contribution in [3.8, 4) is 0 Å². The van der Waals surface area contributed by atoms with Crippen LogP contribution in [0.1, 0.15) is 42.1 Å². The van der Waals surface area contributed by atoms with Gasteiger partial charge in [-0.1, -0.05) is 24.3 Å². The Morgan fingerprint density at radius 2 is 1.41 bits per heavy atom. The van der Waals surface area contributed by atoms with Gasteiger partial charge >= 0.3 is 11.1 Å². The molecular weight excluding hydrogens is 366 g/mol. The standard InChI is InChI=1S/C23H25N3O3/c1-2-25-19-8-4-5-9-20(19)26(23(29)22(25)28)16-17-10-12-18(13-11-17)21(27)24-14-6-3-7-15-24/h4-5,8-13H,2-3,6-7,14-16H2,1H3. The minimum absolute atomic E-state index is 0.0596. The second-order valence-electron chi connectivity index (χ2n) is 7.48. The number of hydrogen-bond donors (Lipinski definition) is 0. The third kappa shape index (κ3) is 3.62. The van der Waals surface area contributed by atoms with Gasteiger partial charge in [-0.2, -0.15) is 0 Å². The fourth-order valence-electron chi connectivity index (χ4n) is 4.06. The maximum atomic E-state index is 12.7. The Morgan fingerprint density at radius 3 is 2.03 bits per heavy atom. The van der Waals surface area contributed by atoms with E-state index in [-0.39, 0.29) is 12.5 Å². The van der Waals surface area contributed by atoms with Gasteiger partial charge in [-0.05, 0) is 56.0 Å². The number of benzene rings is 2. The van der Waals surface area contributed by atoms with E-state index in [1.165, 1.54) is 15.6 Å². The summed E-state index contributed by atoms with van der Waals surface area (Å²) < 4.78 is 3.03. The van der Waals surface area contributed by atoms with Gasteiger partial charge < -0.3 is 9.47 Å². The number of aryl methyl sites for hydroxylation is 1. The summed E-state index contributed by atoms with van der Waals surface area (Å²) in [5.41, 5.74) is 1.97. The number of carbonyl (C=O) groups is 1. The Bertz CT molecular complexity index is 1150. The van der Waals surface area contributed by atoms with Crippen LogP contribution in [-0.4, -0.2) is 33.0 Å². The van der Waals surface area contributed by atoms with Gasteiger partial charge in [0, 0.05) is 25.2 Å². The number of fused-ring (bicyclic) bond motifs is 1. The maximum absolute atomic E-state index is 12.7. The van der Waals surface area contributed by atoms with Crippen LogP contribution in [0.25, 0.3) is 11.0 Å². The molecule has 2 heterocycles. The van der Waals surface area contributed by atoms with E-state index in [1.54, 1.807) is 0 Å². The second-order valence-corrected chi connectivity index (χ2v) is 7.48. The van der Waals surface area contributed by atoms with Crippen molar-refractivity contribution < 1.29 is 4.79 Å². The summed E-state index contributed by atoms with van der Waals surface area (Å²) in [5.74, 6) is 0.0596. The first kappa shape index (κ1) is 19.2. The van der Waals surface area contributed by atoms with E-state index in [2.05, 4.69) is 0 Å². The fourth-order valence-corrected chi connectivity index (χ4v) is 4.06. The first-order valence-corrected chi connectivity index (χ1v) is 10.2. The fraction of sp³-hybridized carbons (Fsp3) is 0.348. The van der Waals surface area contributed by atoms with Crippen LogP contribution in [-0.2, 0) is 13.1 Å². The van der Waals surface area contributed by atoms with E-state index < -0.39 is 11.1 Å². The summed E-state index contributed by atoms with van der Waals surface area (Å²) in [4.78, 5) is 39.8. The van der Waals surface area contributed by atoms with Crippen molar-refractivity contribution in [2.24, 2.45) is 0 Å². The number of nitrogens with zero attached hydrogens (tertiary/aromatic N) is 3. The van der Waals surface area contributed by atoms with Gasteiger partial charge in [0.2, 0.25) is 0 Å². The Balaban J connectivity index is 1.66. The maximum Gasteiger partial charge on any atom is 0.317 e. The molecule has 0 N–H and O–H groups in total. The lowest BCUT2D eigenvalue weighted by molar-refractivity contribution is 0.0724. The molecule has 0 saturated carbocycles. The molecule has 2 aromatic carbocycles. The Kier molecular flexibility index (Phi) is 5.34. The van der Waals surface area contributed by atoms with Crippen LogP contribution < -0.4 is 11.1 Å². The summed E-state index contributed by atoms with van der Waals surface area (Å²) in [6, 6.07) is 14.8. The average molecular weight is 391 g/mol. The van der Waals surface area contributed by atoms with Gasteiger partial charge in [-0.3, -0.25) is 19.0 Å². The number of likely N-dealkylation sites (tertiary alicyclic amines) is 1. The molecule has 1 aliphatic heterocycles. The first-order valence-electron chi connectivity index (χ1n) is 10.2. The molecule has 0 unspecified atom stereocenters. The quantitative estimate of drug-likeness (QED) is 0.643. The average Bonchev–Trinajstić information content (AvgIpc) is 2.78. The molecule has 0 aliphatic carbocycles. The number of para-hydroxylation sites is 2. The van der Waals surface area contributed by atoms with E-state index in [1.807, 2.05) is 60.4 Å². The van der Waals surface area contributed by atoms with Crippen LogP contribution >= 0.6 is 0 Å². The smallest absolute Gasteiger partial charge is 0.317 e. The monoisotopic (exact) mass is 391 g/mol. The zero-order chi connectivity index (χ0) is 20.4. The van der Waals surface area contributed by atoms with Crippen LogP contribution in [0.15, 0.2) is 58.1 Å². The molecule has 6 heteroatoms.